The van der Waals surface area contributed by atoms with Gasteiger partial charge in [-0.15, -0.1) is 11.8 Å². The zero-order valence-corrected chi connectivity index (χ0v) is 20.8. The molecule has 1 fully saturated rings. The lowest BCUT2D eigenvalue weighted by Crippen LogP contribution is -2.48. The Morgan fingerprint density at radius 1 is 0.882 bits per heavy atom. The van der Waals surface area contributed by atoms with Crippen molar-refractivity contribution in [3.8, 4) is 0 Å². The van der Waals surface area contributed by atoms with Crippen LogP contribution in [-0.4, -0.2) is 55.5 Å². The van der Waals surface area contributed by atoms with Gasteiger partial charge in [-0.2, -0.15) is 4.31 Å². The molecule has 0 aliphatic carbocycles. The number of benzene rings is 3. The van der Waals surface area contributed by atoms with Crippen molar-refractivity contribution in [2.45, 2.75) is 23.3 Å². The molecule has 4 rings (SSSR count). The first-order chi connectivity index (χ1) is 16.5. The van der Waals surface area contributed by atoms with Crippen LogP contribution in [0.5, 0.6) is 0 Å². The highest BCUT2D eigenvalue weighted by Gasteiger charge is 2.28. The molecule has 1 aliphatic heterocycles. The molecule has 0 spiro atoms. The van der Waals surface area contributed by atoms with Crippen molar-refractivity contribution >= 4 is 33.4 Å². The smallest absolute Gasteiger partial charge is 0.255 e. The van der Waals surface area contributed by atoms with E-state index in [1.54, 1.807) is 40.3 Å². The second-order valence-corrected chi connectivity index (χ2v) is 11.3. The fourth-order valence-corrected chi connectivity index (χ4v) is 6.14. The van der Waals surface area contributed by atoms with Crippen molar-refractivity contribution in [3.05, 3.63) is 90.0 Å². The van der Waals surface area contributed by atoms with Gasteiger partial charge >= 0.3 is 0 Å². The normalized spacial score (nSPS) is 15.2. The van der Waals surface area contributed by atoms with Crippen LogP contribution in [0.2, 0.25) is 0 Å². The summed E-state index contributed by atoms with van der Waals surface area (Å²) < 4.78 is 27.2. The zero-order chi connectivity index (χ0) is 24.0. The Morgan fingerprint density at radius 3 is 2.21 bits per heavy atom. The molecular weight excluding hydrogens is 466 g/mol. The molecule has 178 valence electrons. The monoisotopic (exact) mass is 495 g/mol. The van der Waals surface area contributed by atoms with Crippen LogP contribution < -0.4 is 5.32 Å². The highest BCUT2D eigenvalue weighted by molar-refractivity contribution is 7.99. The third-order valence-electron chi connectivity index (χ3n) is 5.77. The number of sulfonamides is 1. The molecule has 6 nitrogen and oxygen atoms in total. The van der Waals surface area contributed by atoms with Crippen LogP contribution in [0.25, 0.3) is 0 Å². The van der Waals surface area contributed by atoms with Crippen LogP contribution in [0.15, 0.2) is 88.7 Å². The lowest BCUT2D eigenvalue weighted by molar-refractivity contribution is 0.102. The van der Waals surface area contributed by atoms with Gasteiger partial charge in [0.2, 0.25) is 10.0 Å². The molecule has 3 aromatic carbocycles. The number of nitrogens with zero attached hydrogens (tertiary/aromatic N) is 2. The van der Waals surface area contributed by atoms with E-state index in [1.165, 1.54) is 0 Å². The van der Waals surface area contributed by atoms with Crippen LogP contribution in [0.1, 0.15) is 22.8 Å². The van der Waals surface area contributed by atoms with E-state index in [0.29, 0.717) is 36.6 Å². The van der Waals surface area contributed by atoms with E-state index in [2.05, 4.69) is 17.1 Å². The molecule has 0 aromatic heterocycles. The maximum Gasteiger partial charge on any atom is 0.255 e. The number of hydrogen-bond acceptors (Lipinski definition) is 5. The number of rotatable bonds is 8. The Hall–Kier alpha value is -2.65. The van der Waals surface area contributed by atoms with Crippen LogP contribution in [0, 0.1) is 0 Å². The zero-order valence-electron chi connectivity index (χ0n) is 19.2. The van der Waals surface area contributed by atoms with Gasteiger partial charge in [0.1, 0.15) is 0 Å². The Balaban J connectivity index is 1.32. The number of thioether (sulfide) groups is 1. The van der Waals surface area contributed by atoms with Gasteiger partial charge in [-0.25, -0.2) is 8.42 Å². The average Bonchev–Trinajstić information content (AvgIpc) is 2.87. The molecule has 0 bridgehead atoms. The predicted molar refractivity (Wildman–Crippen MR) is 138 cm³/mol. The van der Waals surface area contributed by atoms with E-state index in [-0.39, 0.29) is 5.91 Å². The van der Waals surface area contributed by atoms with Crippen molar-refractivity contribution in [1.29, 1.82) is 0 Å². The maximum absolute atomic E-state index is 12.8. The van der Waals surface area contributed by atoms with E-state index in [1.807, 2.05) is 54.6 Å². The molecule has 34 heavy (non-hydrogen) atoms. The Morgan fingerprint density at radius 2 is 1.53 bits per heavy atom. The van der Waals surface area contributed by atoms with Crippen molar-refractivity contribution in [3.63, 3.8) is 0 Å². The third-order valence-corrected chi connectivity index (χ3v) is 8.64. The summed E-state index contributed by atoms with van der Waals surface area (Å²) in [5.74, 6) is 0.809. The first-order valence-electron chi connectivity index (χ1n) is 11.4. The highest BCUT2D eigenvalue weighted by Crippen LogP contribution is 2.27. The minimum atomic E-state index is -3.45. The van der Waals surface area contributed by atoms with Crippen molar-refractivity contribution in [1.82, 2.24) is 9.21 Å². The Labute approximate surface area is 206 Å². The minimum absolute atomic E-state index is 0.129. The van der Waals surface area contributed by atoms with E-state index >= 15 is 0 Å². The molecule has 0 unspecified atom stereocenters. The largest absolute Gasteiger partial charge is 0.321 e. The predicted octanol–water partition coefficient (Wildman–Crippen LogP) is 4.56. The van der Waals surface area contributed by atoms with Gasteiger partial charge in [-0.05, 0) is 47.7 Å². The first-order valence-corrected chi connectivity index (χ1v) is 13.8. The van der Waals surface area contributed by atoms with Crippen LogP contribution in [-0.2, 0) is 16.6 Å². The van der Waals surface area contributed by atoms with Gasteiger partial charge in [0.25, 0.3) is 5.91 Å². The summed E-state index contributed by atoms with van der Waals surface area (Å²) in [7, 11) is -3.45. The van der Waals surface area contributed by atoms with Crippen molar-refractivity contribution in [2.75, 3.05) is 37.2 Å². The number of carbonyl (C=O) groups is 1. The van der Waals surface area contributed by atoms with E-state index in [4.69, 9.17) is 0 Å². The van der Waals surface area contributed by atoms with Crippen LogP contribution >= 0.6 is 11.8 Å². The summed E-state index contributed by atoms with van der Waals surface area (Å²) in [6.45, 7) is 5.07. The average molecular weight is 496 g/mol. The molecule has 0 saturated carbocycles. The lowest BCUT2D eigenvalue weighted by atomic mass is 10.1. The van der Waals surface area contributed by atoms with Gasteiger partial charge in [0.05, 0.1) is 10.6 Å². The molecule has 1 saturated heterocycles. The molecule has 3 aromatic rings. The second kappa shape index (κ2) is 11.2. The number of piperazine rings is 1. The Kier molecular flexibility index (Phi) is 8.05. The Bertz CT molecular complexity index is 1210. The summed E-state index contributed by atoms with van der Waals surface area (Å²) in [6.07, 6.45) is 0. The van der Waals surface area contributed by atoms with Gasteiger partial charge in [-0.3, -0.25) is 9.69 Å². The summed E-state index contributed by atoms with van der Waals surface area (Å²) >= 11 is 1.70. The van der Waals surface area contributed by atoms with Gasteiger partial charge in [0, 0.05) is 43.2 Å². The van der Waals surface area contributed by atoms with E-state index < -0.39 is 10.0 Å². The molecule has 0 atom stereocenters. The van der Waals surface area contributed by atoms with E-state index in [0.717, 1.165) is 28.4 Å². The summed E-state index contributed by atoms with van der Waals surface area (Å²) in [6, 6.07) is 24.0. The molecule has 1 heterocycles. The topological polar surface area (TPSA) is 69.7 Å². The lowest BCUT2D eigenvalue weighted by Gasteiger charge is -2.34. The minimum Gasteiger partial charge on any atom is -0.321 e. The number of anilines is 1. The quantitative estimate of drug-likeness (QED) is 0.464. The standard InChI is InChI=1S/C26H29N3O3S2/c1-2-33-25-11-7-6-10-24(25)27-26(30)22-14-12-21(13-15-22)20-28-16-18-29(19-17-28)34(31,32)23-8-4-3-5-9-23/h3-15H,2,16-20H2,1H3,(H,27,30). The highest BCUT2D eigenvalue weighted by atomic mass is 32.2. The molecular formula is C26H29N3O3S2. The maximum atomic E-state index is 12.8. The molecule has 1 amide bonds. The summed E-state index contributed by atoms with van der Waals surface area (Å²) in [5, 5.41) is 3.01. The summed E-state index contributed by atoms with van der Waals surface area (Å²) in [4.78, 5) is 16.4. The summed E-state index contributed by atoms with van der Waals surface area (Å²) in [5.41, 5.74) is 2.53. The van der Waals surface area contributed by atoms with Crippen molar-refractivity contribution < 1.29 is 13.2 Å². The van der Waals surface area contributed by atoms with Gasteiger partial charge in [-0.1, -0.05) is 49.4 Å². The first kappa shape index (κ1) is 24.5. The molecule has 8 heteroatoms. The SMILES string of the molecule is CCSc1ccccc1NC(=O)c1ccc(CN2CCN(S(=O)(=O)c3ccccc3)CC2)cc1. The van der Waals surface area contributed by atoms with E-state index in [9.17, 15) is 13.2 Å². The van der Waals surface area contributed by atoms with Crippen molar-refractivity contribution in [2.24, 2.45) is 0 Å². The van der Waals surface area contributed by atoms with Gasteiger partial charge in [0.15, 0.2) is 0 Å². The molecule has 1 N–H and O–H groups in total. The van der Waals surface area contributed by atoms with Crippen LogP contribution in [0.4, 0.5) is 5.69 Å². The fourth-order valence-electron chi connectivity index (χ4n) is 3.94. The number of carbonyl (C=O) groups excluding carboxylic acids is 1. The number of para-hydroxylation sites is 1. The van der Waals surface area contributed by atoms with Crippen LogP contribution in [0.3, 0.4) is 0 Å². The second-order valence-electron chi connectivity index (χ2n) is 8.07. The molecule has 0 radical (unpaired) electrons. The fraction of sp³-hybridized carbons (Fsp3) is 0.269. The number of nitrogens with one attached hydrogen (secondary N) is 1. The number of amides is 1. The van der Waals surface area contributed by atoms with Gasteiger partial charge < -0.3 is 5.32 Å². The number of hydrogen-bond donors (Lipinski definition) is 1. The third kappa shape index (κ3) is 5.88. The molecule has 1 aliphatic rings.